The van der Waals surface area contributed by atoms with E-state index in [4.69, 9.17) is 21.1 Å². The van der Waals surface area contributed by atoms with Crippen LogP contribution in [-0.2, 0) is 10.2 Å². The number of aryl methyl sites for hydroxylation is 1. The Hall–Kier alpha value is -4.88. The van der Waals surface area contributed by atoms with Gasteiger partial charge >= 0.3 is 0 Å². The smallest absolute Gasteiger partial charge is 0.238 e. The number of nitrogens with one attached hydrogen (secondary N) is 1. The first-order valence-electron chi connectivity index (χ1n) is 14.1. The second-order valence-corrected chi connectivity index (χ2v) is 11.8. The molecular formula is C35H25ClN2O5. The largest absolute Gasteiger partial charge is 0.454 e. The number of Topliss-reactive ketones (excluding diaryl/α,β-unsaturated/α-hetero) is 2. The Balaban J connectivity index is 1.41. The molecule has 8 heteroatoms. The number of hydrogen-bond donors (Lipinski definition) is 1. The van der Waals surface area contributed by atoms with E-state index in [1.165, 1.54) is 0 Å². The molecule has 4 aliphatic rings. The van der Waals surface area contributed by atoms with E-state index in [-0.39, 0.29) is 24.3 Å². The number of rotatable bonds is 4. The van der Waals surface area contributed by atoms with Crippen molar-refractivity contribution in [2.75, 3.05) is 17.0 Å². The van der Waals surface area contributed by atoms with Crippen LogP contribution in [0.4, 0.5) is 11.4 Å². The second kappa shape index (κ2) is 9.31. The van der Waals surface area contributed by atoms with E-state index in [1.807, 2.05) is 66.4 Å². The van der Waals surface area contributed by atoms with Gasteiger partial charge in [-0.15, -0.1) is 0 Å². The molecule has 0 bridgehead atoms. The highest BCUT2D eigenvalue weighted by atomic mass is 35.5. The van der Waals surface area contributed by atoms with E-state index in [2.05, 4.69) is 5.32 Å². The Bertz CT molecular complexity index is 1900. The molecule has 1 N–H and O–H groups in total. The van der Waals surface area contributed by atoms with Crippen LogP contribution in [0.5, 0.6) is 11.5 Å². The van der Waals surface area contributed by atoms with E-state index >= 15 is 0 Å². The molecule has 1 saturated heterocycles. The van der Waals surface area contributed by atoms with Gasteiger partial charge < -0.3 is 19.7 Å². The molecule has 0 saturated carbocycles. The van der Waals surface area contributed by atoms with Crippen molar-refractivity contribution >= 4 is 46.5 Å². The lowest BCUT2D eigenvalue weighted by Gasteiger charge is -2.37. The Kier molecular flexibility index (Phi) is 5.59. The van der Waals surface area contributed by atoms with Gasteiger partial charge in [0.1, 0.15) is 11.5 Å². The van der Waals surface area contributed by atoms with E-state index in [1.54, 1.807) is 42.5 Å². The van der Waals surface area contributed by atoms with E-state index in [0.29, 0.717) is 38.9 Å². The number of amides is 1. The third-order valence-electron chi connectivity index (χ3n) is 9.13. The fraction of sp³-hybridized carbons (Fsp3) is 0.171. The van der Waals surface area contributed by atoms with Gasteiger partial charge in [0.2, 0.25) is 12.7 Å². The van der Waals surface area contributed by atoms with Crippen LogP contribution in [0.15, 0.2) is 91.0 Å². The Morgan fingerprint density at radius 3 is 2.51 bits per heavy atom. The van der Waals surface area contributed by atoms with Crippen molar-refractivity contribution in [2.24, 2.45) is 5.92 Å². The van der Waals surface area contributed by atoms with Gasteiger partial charge in [-0.05, 0) is 78.7 Å². The number of para-hydroxylation sites is 1. The molecule has 0 aromatic heterocycles. The lowest BCUT2D eigenvalue weighted by Crippen LogP contribution is -2.51. The molecule has 7 nitrogen and oxygen atoms in total. The molecule has 4 aromatic carbocycles. The lowest BCUT2D eigenvalue weighted by atomic mass is 9.64. The van der Waals surface area contributed by atoms with Crippen molar-refractivity contribution in [3.05, 3.63) is 124 Å². The number of carbonyl (C=O) groups is 3. The van der Waals surface area contributed by atoms with Crippen LogP contribution in [-0.4, -0.2) is 36.4 Å². The van der Waals surface area contributed by atoms with Crippen molar-refractivity contribution in [1.82, 2.24) is 0 Å². The molecule has 4 aliphatic heterocycles. The average Bonchev–Trinajstić information content (AvgIpc) is 3.69. The Morgan fingerprint density at radius 2 is 1.67 bits per heavy atom. The number of benzene rings is 4. The van der Waals surface area contributed by atoms with Crippen LogP contribution in [0.3, 0.4) is 0 Å². The number of ketones is 2. The predicted octanol–water partition coefficient (Wildman–Crippen LogP) is 6.23. The summed E-state index contributed by atoms with van der Waals surface area (Å²) < 4.78 is 11.1. The van der Waals surface area contributed by atoms with Gasteiger partial charge in [-0.1, -0.05) is 53.6 Å². The topological polar surface area (TPSA) is 84.9 Å². The fourth-order valence-electron chi connectivity index (χ4n) is 7.31. The Morgan fingerprint density at radius 1 is 0.907 bits per heavy atom. The summed E-state index contributed by atoms with van der Waals surface area (Å²) in [4.78, 5) is 46.2. The number of nitrogens with zero attached hydrogens (tertiary/aromatic N) is 1. The molecular weight excluding hydrogens is 564 g/mol. The summed E-state index contributed by atoms with van der Waals surface area (Å²) in [6, 6.07) is 23.5. The molecule has 1 fully saturated rings. The standard InChI is InChI=1S/C35H25ClN2O5/c1-19-6-13-26-21(16-19)10-15-29-35(24-4-2-3-5-25(24)37-34(35)41)30(32(39)22-9-14-27-28(17-22)43-18-42-27)31(38(26)29)33(40)20-7-11-23(36)12-8-20/h2-17,29-31H,18H2,1H3,(H,37,41)/t29-,30+,31+,35-/m1/s1. The molecule has 4 aromatic rings. The number of carbonyl (C=O) groups excluding carboxylic acids is 3. The van der Waals surface area contributed by atoms with E-state index in [9.17, 15) is 14.4 Å². The van der Waals surface area contributed by atoms with Gasteiger partial charge in [0, 0.05) is 27.5 Å². The summed E-state index contributed by atoms with van der Waals surface area (Å²) in [6.07, 6.45) is 3.97. The van der Waals surface area contributed by atoms with Crippen LogP contribution < -0.4 is 19.7 Å². The highest BCUT2D eigenvalue weighted by Gasteiger charge is 2.70. The molecule has 1 spiro atoms. The molecule has 8 rings (SSSR count). The lowest BCUT2D eigenvalue weighted by molar-refractivity contribution is -0.121. The van der Waals surface area contributed by atoms with Crippen molar-refractivity contribution in [1.29, 1.82) is 0 Å². The van der Waals surface area contributed by atoms with Crippen molar-refractivity contribution in [3.8, 4) is 11.5 Å². The molecule has 212 valence electrons. The van der Waals surface area contributed by atoms with Gasteiger partial charge in [0.05, 0.1) is 12.0 Å². The molecule has 0 radical (unpaired) electrons. The minimum Gasteiger partial charge on any atom is -0.454 e. The normalized spacial score (nSPS) is 24.0. The number of halogens is 1. The van der Waals surface area contributed by atoms with Gasteiger partial charge in [-0.25, -0.2) is 0 Å². The summed E-state index contributed by atoms with van der Waals surface area (Å²) in [5.74, 6) is -0.991. The zero-order valence-electron chi connectivity index (χ0n) is 23.0. The summed E-state index contributed by atoms with van der Waals surface area (Å²) in [5.41, 5.74) is 3.46. The summed E-state index contributed by atoms with van der Waals surface area (Å²) >= 11 is 6.19. The third kappa shape index (κ3) is 3.58. The summed E-state index contributed by atoms with van der Waals surface area (Å²) in [6.45, 7) is 2.07. The summed E-state index contributed by atoms with van der Waals surface area (Å²) in [5, 5.41) is 3.55. The van der Waals surface area contributed by atoms with Crippen LogP contribution in [0.25, 0.3) is 6.08 Å². The average molecular weight is 589 g/mol. The molecule has 43 heavy (non-hydrogen) atoms. The summed E-state index contributed by atoms with van der Waals surface area (Å²) in [7, 11) is 0. The van der Waals surface area contributed by atoms with Crippen molar-refractivity contribution < 1.29 is 23.9 Å². The van der Waals surface area contributed by atoms with E-state index in [0.717, 1.165) is 16.8 Å². The molecule has 4 heterocycles. The number of fused-ring (bicyclic) bond motifs is 7. The van der Waals surface area contributed by atoms with Gasteiger partial charge in [-0.2, -0.15) is 0 Å². The predicted molar refractivity (Wildman–Crippen MR) is 163 cm³/mol. The van der Waals surface area contributed by atoms with Crippen LogP contribution in [0, 0.1) is 12.8 Å². The van der Waals surface area contributed by atoms with Crippen molar-refractivity contribution in [2.45, 2.75) is 24.4 Å². The third-order valence-corrected chi connectivity index (χ3v) is 9.38. The second-order valence-electron chi connectivity index (χ2n) is 11.4. The maximum absolute atomic E-state index is 15.0. The first-order valence-corrected chi connectivity index (χ1v) is 14.5. The maximum atomic E-state index is 15.0. The highest BCUT2D eigenvalue weighted by Crippen LogP contribution is 2.58. The molecule has 0 aliphatic carbocycles. The number of ether oxygens (including phenoxy) is 2. The van der Waals surface area contributed by atoms with Gasteiger partial charge in [-0.3, -0.25) is 14.4 Å². The number of anilines is 2. The van der Waals surface area contributed by atoms with Crippen LogP contribution >= 0.6 is 11.6 Å². The zero-order valence-corrected chi connectivity index (χ0v) is 23.8. The number of hydrogen-bond acceptors (Lipinski definition) is 6. The quantitative estimate of drug-likeness (QED) is 0.284. The minimum atomic E-state index is -1.39. The first-order chi connectivity index (χ1) is 20.9. The fourth-order valence-corrected chi connectivity index (χ4v) is 7.44. The van der Waals surface area contributed by atoms with Crippen LogP contribution in [0.1, 0.15) is 37.4 Å². The SMILES string of the molecule is Cc1ccc2c(c1)C=C[C@H]1N2[C@H](C(=O)c2ccc(Cl)cc2)[C@@H](C(=O)c2ccc3c(c2)OCO3)[C@]12C(=O)Nc1ccccc12. The molecule has 1 amide bonds. The monoisotopic (exact) mass is 588 g/mol. The zero-order chi connectivity index (χ0) is 29.5. The van der Waals surface area contributed by atoms with Gasteiger partial charge in [0.15, 0.2) is 23.1 Å². The van der Waals surface area contributed by atoms with Crippen molar-refractivity contribution in [3.63, 3.8) is 0 Å². The molecule has 4 atom stereocenters. The van der Waals surface area contributed by atoms with E-state index < -0.39 is 23.4 Å². The highest BCUT2D eigenvalue weighted by molar-refractivity contribution is 6.30. The minimum absolute atomic E-state index is 0.0602. The first kappa shape index (κ1) is 25.8. The maximum Gasteiger partial charge on any atom is 0.238 e. The molecule has 0 unspecified atom stereocenters. The van der Waals surface area contributed by atoms with Gasteiger partial charge in [0.25, 0.3) is 0 Å². The van der Waals surface area contributed by atoms with Crippen LogP contribution in [0.2, 0.25) is 5.02 Å². The Labute approximate surface area is 252 Å².